The number of fused-ring (bicyclic) bond motifs is 1. The van der Waals surface area contributed by atoms with Gasteiger partial charge in [0, 0.05) is 15.9 Å². The highest BCUT2D eigenvalue weighted by Crippen LogP contribution is 2.36. The number of hydrogen-bond donors (Lipinski definition) is 0. The van der Waals surface area contributed by atoms with E-state index in [0.29, 0.717) is 0 Å². The zero-order valence-corrected chi connectivity index (χ0v) is 18.4. The fraction of sp³-hybridized carbons (Fsp3) is 0.350. The molecule has 2 aliphatic heterocycles. The van der Waals surface area contributed by atoms with Gasteiger partial charge in [-0.3, -0.25) is 4.99 Å². The molecule has 2 aromatic carbocycles. The predicted octanol–water partition coefficient (Wildman–Crippen LogP) is 4.34. The Bertz CT molecular complexity index is 1000. The number of rotatable bonds is 3. The normalized spacial score (nSPS) is 23.4. The monoisotopic (exact) mass is 464 g/mol. The second-order valence-electron chi connectivity index (χ2n) is 7.18. The first-order valence-electron chi connectivity index (χ1n) is 8.84. The average Bonchev–Trinajstić information content (AvgIpc) is 3.08. The lowest BCUT2D eigenvalue weighted by atomic mass is 10.1. The molecule has 0 bridgehead atoms. The Hall–Kier alpha value is -1.31. The van der Waals surface area contributed by atoms with Crippen LogP contribution in [0.3, 0.4) is 0 Å². The molecule has 142 valence electrons. The van der Waals surface area contributed by atoms with Gasteiger partial charge in [0.05, 0.1) is 23.6 Å². The van der Waals surface area contributed by atoms with Gasteiger partial charge in [-0.2, -0.15) is 0 Å². The number of hydrogen-bond acceptors (Lipinski definition) is 5. The highest BCUT2D eigenvalue weighted by molar-refractivity contribution is 9.10. The van der Waals surface area contributed by atoms with Crippen LogP contribution in [0.1, 0.15) is 16.7 Å². The molecule has 0 saturated carbocycles. The SMILES string of the molecule is Cc1ccc(N2C(SCc3ccc(Br)cc3)=N[C@H]3CS(=O)(=O)C[C@H]32)cc1C. The van der Waals surface area contributed by atoms with Crippen molar-refractivity contribution in [3.8, 4) is 0 Å². The number of thioether (sulfide) groups is 1. The molecule has 7 heteroatoms. The summed E-state index contributed by atoms with van der Waals surface area (Å²) in [6.07, 6.45) is 0. The lowest BCUT2D eigenvalue weighted by Gasteiger charge is -2.27. The van der Waals surface area contributed by atoms with Gasteiger partial charge in [-0.25, -0.2) is 8.42 Å². The summed E-state index contributed by atoms with van der Waals surface area (Å²) < 4.78 is 25.4. The molecule has 0 aromatic heterocycles. The van der Waals surface area contributed by atoms with Crippen molar-refractivity contribution in [2.45, 2.75) is 31.7 Å². The number of halogens is 1. The van der Waals surface area contributed by atoms with Crippen LogP contribution < -0.4 is 4.90 Å². The Morgan fingerprint density at radius 2 is 1.85 bits per heavy atom. The largest absolute Gasteiger partial charge is 0.315 e. The maximum absolute atomic E-state index is 12.2. The Morgan fingerprint density at radius 1 is 1.11 bits per heavy atom. The first-order chi connectivity index (χ1) is 12.8. The van der Waals surface area contributed by atoms with E-state index < -0.39 is 9.84 Å². The van der Waals surface area contributed by atoms with E-state index >= 15 is 0 Å². The summed E-state index contributed by atoms with van der Waals surface area (Å²) in [6.45, 7) is 4.17. The molecule has 2 atom stereocenters. The first kappa shape index (κ1) is 19.0. The molecule has 0 unspecified atom stereocenters. The van der Waals surface area contributed by atoms with E-state index in [1.807, 2.05) is 12.1 Å². The van der Waals surface area contributed by atoms with Crippen LogP contribution in [0.2, 0.25) is 0 Å². The molecule has 0 radical (unpaired) electrons. The van der Waals surface area contributed by atoms with Gasteiger partial charge in [0.1, 0.15) is 0 Å². The lowest BCUT2D eigenvalue weighted by molar-refractivity contribution is 0.601. The van der Waals surface area contributed by atoms with Crippen LogP contribution in [-0.4, -0.2) is 37.2 Å². The summed E-state index contributed by atoms with van der Waals surface area (Å²) in [7, 11) is -3.02. The third-order valence-electron chi connectivity index (χ3n) is 5.16. The van der Waals surface area contributed by atoms with Crippen molar-refractivity contribution < 1.29 is 8.42 Å². The summed E-state index contributed by atoms with van der Waals surface area (Å²) in [5, 5.41) is 0.922. The van der Waals surface area contributed by atoms with Gasteiger partial charge in [0.25, 0.3) is 0 Å². The molecule has 0 spiro atoms. The van der Waals surface area contributed by atoms with Gasteiger partial charge in [-0.05, 0) is 54.8 Å². The van der Waals surface area contributed by atoms with Crippen LogP contribution in [0.5, 0.6) is 0 Å². The Labute approximate surface area is 173 Å². The van der Waals surface area contributed by atoms with Gasteiger partial charge in [-0.15, -0.1) is 0 Å². The number of nitrogens with zero attached hydrogens (tertiary/aromatic N) is 2. The summed E-state index contributed by atoms with van der Waals surface area (Å²) in [6, 6.07) is 14.3. The van der Waals surface area contributed by atoms with Crippen molar-refractivity contribution in [1.82, 2.24) is 0 Å². The Kier molecular flexibility index (Phi) is 5.12. The van der Waals surface area contributed by atoms with E-state index in [0.717, 1.165) is 21.1 Å². The molecule has 0 aliphatic carbocycles. The van der Waals surface area contributed by atoms with E-state index in [1.165, 1.54) is 16.7 Å². The molecular formula is C20H21BrN2O2S2. The van der Waals surface area contributed by atoms with Crippen molar-refractivity contribution in [2.75, 3.05) is 16.4 Å². The molecule has 2 heterocycles. The molecule has 0 N–H and O–H groups in total. The average molecular weight is 465 g/mol. The van der Waals surface area contributed by atoms with E-state index in [1.54, 1.807) is 11.8 Å². The van der Waals surface area contributed by atoms with Crippen molar-refractivity contribution in [3.63, 3.8) is 0 Å². The number of aliphatic imine (C=N–C) groups is 1. The molecule has 0 amide bonds. The van der Waals surface area contributed by atoms with Gasteiger partial charge in [0.15, 0.2) is 15.0 Å². The lowest BCUT2D eigenvalue weighted by Crippen LogP contribution is -2.39. The van der Waals surface area contributed by atoms with Crippen LogP contribution >= 0.6 is 27.7 Å². The van der Waals surface area contributed by atoms with Crippen LogP contribution in [0.25, 0.3) is 0 Å². The summed E-state index contributed by atoms with van der Waals surface area (Å²) in [5.74, 6) is 1.14. The molecule has 2 aromatic rings. The fourth-order valence-corrected chi connectivity index (χ4v) is 6.73. The van der Waals surface area contributed by atoms with Crippen molar-refractivity contribution >= 4 is 48.4 Å². The number of sulfone groups is 1. The quantitative estimate of drug-likeness (QED) is 0.677. The molecule has 2 aliphatic rings. The van der Waals surface area contributed by atoms with E-state index in [9.17, 15) is 8.42 Å². The summed E-state index contributed by atoms with van der Waals surface area (Å²) in [5.41, 5.74) is 4.68. The third-order valence-corrected chi connectivity index (χ3v) is 8.42. The van der Waals surface area contributed by atoms with Gasteiger partial charge in [-0.1, -0.05) is 45.9 Å². The highest BCUT2D eigenvalue weighted by Gasteiger charge is 2.47. The van der Waals surface area contributed by atoms with E-state index in [4.69, 9.17) is 4.99 Å². The summed E-state index contributed by atoms with van der Waals surface area (Å²) >= 11 is 5.14. The van der Waals surface area contributed by atoms with E-state index in [2.05, 4.69) is 65.0 Å². The van der Waals surface area contributed by atoms with Crippen molar-refractivity contribution in [2.24, 2.45) is 4.99 Å². The van der Waals surface area contributed by atoms with Crippen molar-refractivity contribution in [1.29, 1.82) is 0 Å². The third kappa shape index (κ3) is 3.96. The molecule has 1 saturated heterocycles. The first-order valence-corrected chi connectivity index (χ1v) is 12.4. The molecule has 27 heavy (non-hydrogen) atoms. The zero-order chi connectivity index (χ0) is 19.2. The standard InChI is InChI=1S/C20H21BrN2O2S2/c1-13-3-8-17(9-14(13)2)23-19-12-27(24,25)11-18(19)22-20(23)26-10-15-4-6-16(21)7-5-15/h3-9,18-19H,10-12H2,1-2H3/t18-,19+/m0/s1. The smallest absolute Gasteiger partial charge is 0.164 e. The number of amidine groups is 1. The minimum Gasteiger partial charge on any atom is -0.315 e. The number of aryl methyl sites for hydroxylation is 2. The topological polar surface area (TPSA) is 49.7 Å². The minimum absolute atomic E-state index is 0.0930. The zero-order valence-electron chi connectivity index (χ0n) is 15.2. The molecule has 1 fully saturated rings. The molecule has 4 nitrogen and oxygen atoms in total. The van der Waals surface area contributed by atoms with Gasteiger partial charge >= 0.3 is 0 Å². The minimum atomic E-state index is -3.02. The molecule has 4 rings (SSSR count). The van der Waals surface area contributed by atoms with Crippen LogP contribution in [0.15, 0.2) is 51.9 Å². The Morgan fingerprint density at radius 3 is 2.56 bits per heavy atom. The Balaban J connectivity index is 1.63. The summed E-state index contributed by atoms with van der Waals surface area (Å²) in [4.78, 5) is 6.95. The fourth-order valence-electron chi connectivity index (χ4n) is 3.54. The van der Waals surface area contributed by atoms with Crippen molar-refractivity contribution in [3.05, 3.63) is 63.6 Å². The molecular weight excluding hydrogens is 444 g/mol. The maximum atomic E-state index is 12.2. The van der Waals surface area contributed by atoms with Gasteiger partial charge in [0.2, 0.25) is 0 Å². The van der Waals surface area contributed by atoms with E-state index in [-0.39, 0.29) is 23.6 Å². The highest BCUT2D eigenvalue weighted by atomic mass is 79.9. The maximum Gasteiger partial charge on any atom is 0.164 e. The van der Waals surface area contributed by atoms with Crippen LogP contribution in [0, 0.1) is 13.8 Å². The number of anilines is 1. The predicted molar refractivity (Wildman–Crippen MR) is 117 cm³/mol. The van der Waals surface area contributed by atoms with Gasteiger partial charge < -0.3 is 4.90 Å². The second-order valence-corrected chi connectivity index (χ2v) is 11.2. The van der Waals surface area contributed by atoms with Crippen LogP contribution in [-0.2, 0) is 15.6 Å². The number of benzene rings is 2. The second kappa shape index (κ2) is 7.26. The van der Waals surface area contributed by atoms with Crippen LogP contribution in [0.4, 0.5) is 5.69 Å².